The minimum Gasteiger partial charge on any atom is -0.423 e. The molecule has 3 heteroatoms. The maximum absolute atomic E-state index is 12.3. The summed E-state index contributed by atoms with van der Waals surface area (Å²) in [7, 11) is 0. The molecule has 1 aliphatic rings. The number of hydrogen-bond donors (Lipinski definition) is 0. The minimum absolute atomic E-state index is 0.348. The predicted octanol–water partition coefficient (Wildman–Crippen LogP) is 8.43. The summed E-state index contributed by atoms with van der Waals surface area (Å²) in [6, 6.07) is 14.5. The third-order valence-electron chi connectivity index (χ3n) is 6.33. The summed E-state index contributed by atoms with van der Waals surface area (Å²) < 4.78 is 5.39. The van der Waals surface area contributed by atoms with Crippen molar-refractivity contribution >= 4 is 17.6 Å². The van der Waals surface area contributed by atoms with E-state index in [1.54, 1.807) is 24.3 Å². The Bertz CT molecular complexity index is 815. The van der Waals surface area contributed by atoms with Crippen molar-refractivity contribution in [3.05, 3.63) is 76.8 Å². The lowest BCUT2D eigenvalue weighted by Crippen LogP contribution is -2.13. The first-order valence-electron chi connectivity index (χ1n) is 11.9. The second-order valence-corrected chi connectivity index (χ2v) is 9.22. The van der Waals surface area contributed by atoms with Crippen LogP contribution in [0.4, 0.5) is 0 Å². The number of carbonyl (C=O) groups excluding carboxylic acids is 1. The van der Waals surface area contributed by atoms with Gasteiger partial charge in [0.15, 0.2) is 0 Å². The first kappa shape index (κ1) is 23.6. The standard InChI is InChI=1S/C28H35ClO2/c1-2-3-4-7-22-10-12-23(13-11-22)8-5-6-9-24-14-16-25(17-15-24)28(30)31-27-20-18-26(29)19-21-27/h5,8,14-23H,2-4,6-7,9-13H2,1H3. The molecule has 1 fully saturated rings. The van der Waals surface area contributed by atoms with Crippen LogP contribution >= 0.6 is 11.6 Å². The summed E-state index contributed by atoms with van der Waals surface area (Å²) in [5.74, 6) is 1.89. The molecule has 1 aliphatic carbocycles. The molecular formula is C28H35ClO2. The molecule has 0 unspecified atom stereocenters. The van der Waals surface area contributed by atoms with E-state index in [0.717, 1.165) is 24.7 Å². The zero-order valence-electron chi connectivity index (χ0n) is 18.7. The summed E-state index contributed by atoms with van der Waals surface area (Å²) in [6.07, 6.45) is 17.9. The first-order chi connectivity index (χ1) is 15.1. The Balaban J connectivity index is 1.36. The third kappa shape index (κ3) is 8.18. The minimum atomic E-state index is -0.348. The Morgan fingerprint density at radius 1 is 1.00 bits per heavy atom. The molecule has 0 heterocycles. The maximum atomic E-state index is 12.3. The first-order valence-corrected chi connectivity index (χ1v) is 12.2. The molecule has 2 aromatic carbocycles. The van der Waals surface area contributed by atoms with Crippen LogP contribution in [0.1, 0.15) is 80.6 Å². The van der Waals surface area contributed by atoms with Crippen LogP contribution in [0.5, 0.6) is 5.75 Å². The zero-order chi connectivity index (χ0) is 21.9. The quantitative estimate of drug-likeness (QED) is 0.161. The largest absolute Gasteiger partial charge is 0.423 e. The summed E-state index contributed by atoms with van der Waals surface area (Å²) in [5, 5.41) is 0.619. The molecule has 0 atom stereocenters. The van der Waals surface area contributed by atoms with E-state index >= 15 is 0 Å². The molecular weight excluding hydrogens is 404 g/mol. The molecule has 31 heavy (non-hydrogen) atoms. The maximum Gasteiger partial charge on any atom is 0.343 e. The van der Waals surface area contributed by atoms with Crippen molar-refractivity contribution in [1.82, 2.24) is 0 Å². The van der Waals surface area contributed by atoms with Gasteiger partial charge in [-0.05, 0) is 92.3 Å². The van der Waals surface area contributed by atoms with E-state index in [2.05, 4.69) is 19.1 Å². The Kier molecular flexibility index (Phi) is 9.68. The van der Waals surface area contributed by atoms with Gasteiger partial charge in [0.1, 0.15) is 5.75 Å². The predicted molar refractivity (Wildman–Crippen MR) is 130 cm³/mol. The Labute approximate surface area is 192 Å². The molecule has 0 aromatic heterocycles. The molecule has 0 bridgehead atoms. The number of rotatable bonds is 10. The smallest absolute Gasteiger partial charge is 0.343 e. The van der Waals surface area contributed by atoms with Gasteiger partial charge in [0, 0.05) is 5.02 Å². The molecule has 0 spiro atoms. The summed E-state index contributed by atoms with van der Waals surface area (Å²) in [6.45, 7) is 2.28. The van der Waals surface area contributed by atoms with E-state index in [-0.39, 0.29) is 5.97 Å². The number of allylic oxidation sites excluding steroid dienone is 2. The van der Waals surface area contributed by atoms with Crippen molar-refractivity contribution in [2.75, 3.05) is 0 Å². The highest BCUT2D eigenvalue weighted by molar-refractivity contribution is 6.30. The SMILES string of the molecule is CCCCCC1CCC(C=CCCc2ccc(C(=O)Oc3ccc(Cl)cc3)cc2)CC1. The van der Waals surface area contributed by atoms with Crippen LogP contribution in [0.25, 0.3) is 0 Å². The average molecular weight is 439 g/mol. The van der Waals surface area contributed by atoms with Crippen LogP contribution < -0.4 is 4.74 Å². The van der Waals surface area contributed by atoms with E-state index in [0.29, 0.717) is 16.3 Å². The van der Waals surface area contributed by atoms with E-state index in [9.17, 15) is 4.79 Å². The monoisotopic (exact) mass is 438 g/mol. The number of aryl methyl sites for hydroxylation is 1. The Hall–Kier alpha value is -2.06. The summed E-state index contributed by atoms with van der Waals surface area (Å²) >= 11 is 5.86. The Morgan fingerprint density at radius 3 is 2.39 bits per heavy atom. The lowest BCUT2D eigenvalue weighted by Gasteiger charge is -2.26. The summed E-state index contributed by atoms with van der Waals surface area (Å²) in [4.78, 5) is 12.3. The second kappa shape index (κ2) is 12.7. The van der Waals surface area contributed by atoms with Crippen LogP contribution in [0, 0.1) is 11.8 Å². The second-order valence-electron chi connectivity index (χ2n) is 8.78. The molecule has 0 radical (unpaired) electrons. The fourth-order valence-electron chi connectivity index (χ4n) is 4.37. The van der Waals surface area contributed by atoms with E-state index in [4.69, 9.17) is 16.3 Å². The molecule has 0 amide bonds. The van der Waals surface area contributed by atoms with Gasteiger partial charge in [-0.3, -0.25) is 0 Å². The van der Waals surface area contributed by atoms with E-state index < -0.39 is 0 Å². The van der Waals surface area contributed by atoms with Gasteiger partial charge in [-0.15, -0.1) is 0 Å². The van der Waals surface area contributed by atoms with Crippen molar-refractivity contribution in [3.63, 3.8) is 0 Å². The van der Waals surface area contributed by atoms with E-state index in [1.165, 1.54) is 56.9 Å². The van der Waals surface area contributed by atoms with Crippen LogP contribution in [0.2, 0.25) is 5.02 Å². The molecule has 0 aliphatic heterocycles. The fourth-order valence-corrected chi connectivity index (χ4v) is 4.49. The summed E-state index contributed by atoms with van der Waals surface area (Å²) in [5.41, 5.74) is 1.80. The van der Waals surface area contributed by atoms with Gasteiger partial charge in [0.05, 0.1) is 5.56 Å². The highest BCUT2D eigenvalue weighted by Crippen LogP contribution is 2.32. The van der Waals surface area contributed by atoms with Crippen molar-refractivity contribution in [3.8, 4) is 5.75 Å². The van der Waals surface area contributed by atoms with Crippen molar-refractivity contribution < 1.29 is 9.53 Å². The van der Waals surface area contributed by atoms with Gasteiger partial charge in [-0.25, -0.2) is 4.79 Å². The van der Waals surface area contributed by atoms with Gasteiger partial charge in [0.2, 0.25) is 0 Å². The number of ether oxygens (including phenoxy) is 1. The zero-order valence-corrected chi connectivity index (χ0v) is 19.4. The molecule has 1 saturated carbocycles. The van der Waals surface area contributed by atoms with Gasteiger partial charge < -0.3 is 4.74 Å². The van der Waals surface area contributed by atoms with Crippen LogP contribution in [-0.2, 0) is 6.42 Å². The molecule has 0 N–H and O–H groups in total. The molecule has 166 valence electrons. The normalized spacial score (nSPS) is 18.9. The average Bonchev–Trinajstić information content (AvgIpc) is 2.80. The van der Waals surface area contributed by atoms with Gasteiger partial charge >= 0.3 is 5.97 Å². The van der Waals surface area contributed by atoms with Crippen LogP contribution in [0.15, 0.2) is 60.7 Å². The number of halogens is 1. The van der Waals surface area contributed by atoms with Crippen LogP contribution in [0.3, 0.4) is 0 Å². The van der Waals surface area contributed by atoms with E-state index in [1.807, 2.05) is 24.3 Å². The lowest BCUT2D eigenvalue weighted by atomic mass is 9.79. The molecule has 2 aromatic rings. The number of esters is 1. The number of carbonyl (C=O) groups is 1. The van der Waals surface area contributed by atoms with Gasteiger partial charge in [-0.2, -0.15) is 0 Å². The van der Waals surface area contributed by atoms with Crippen molar-refractivity contribution in [2.24, 2.45) is 11.8 Å². The number of unbranched alkanes of at least 4 members (excludes halogenated alkanes) is 2. The topological polar surface area (TPSA) is 26.3 Å². The number of benzene rings is 2. The van der Waals surface area contributed by atoms with Gasteiger partial charge in [0.25, 0.3) is 0 Å². The molecule has 2 nitrogen and oxygen atoms in total. The number of hydrogen-bond acceptors (Lipinski definition) is 2. The lowest BCUT2D eigenvalue weighted by molar-refractivity contribution is 0.0735. The third-order valence-corrected chi connectivity index (χ3v) is 6.58. The fraction of sp³-hybridized carbons (Fsp3) is 0.464. The highest BCUT2D eigenvalue weighted by Gasteiger charge is 2.18. The molecule has 0 saturated heterocycles. The highest BCUT2D eigenvalue weighted by atomic mass is 35.5. The Morgan fingerprint density at radius 2 is 1.71 bits per heavy atom. The molecule has 3 rings (SSSR count). The van der Waals surface area contributed by atoms with Crippen molar-refractivity contribution in [2.45, 2.75) is 71.1 Å². The van der Waals surface area contributed by atoms with Crippen LogP contribution in [-0.4, -0.2) is 5.97 Å². The van der Waals surface area contributed by atoms with Crippen molar-refractivity contribution in [1.29, 1.82) is 0 Å². The van der Waals surface area contributed by atoms with Gasteiger partial charge in [-0.1, -0.05) is 68.5 Å².